The zero-order valence-corrected chi connectivity index (χ0v) is 8.93. The van der Waals surface area contributed by atoms with Gasteiger partial charge in [-0.05, 0) is 35.9 Å². The van der Waals surface area contributed by atoms with Crippen LogP contribution in [0, 0.1) is 5.82 Å². The van der Waals surface area contributed by atoms with Gasteiger partial charge in [0.25, 0.3) is 0 Å². The van der Waals surface area contributed by atoms with Gasteiger partial charge < -0.3 is 5.11 Å². The van der Waals surface area contributed by atoms with Gasteiger partial charge >= 0.3 is 5.97 Å². The molecule has 2 rings (SSSR count). The van der Waals surface area contributed by atoms with Gasteiger partial charge in [-0.1, -0.05) is 6.07 Å². The Morgan fingerprint density at radius 1 is 1.18 bits per heavy atom. The van der Waals surface area contributed by atoms with E-state index in [0.717, 1.165) is 5.56 Å². The molecule has 86 valence electrons. The van der Waals surface area contributed by atoms with E-state index in [1.165, 1.54) is 18.3 Å². The third kappa shape index (κ3) is 2.87. The molecule has 0 atom stereocenters. The van der Waals surface area contributed by atoms with E-state index < -0.39 is 5.97 Å². The Balaban J connectivity index is 2.23. The molecular formula is C13H10FNO2. The lowest BCUT2D eigenvalue weighted by Crippen LogP contribution is -2.00. The summed E-state index contributed by atoms with van der Waals surface area (Å²) >= 11 is 0. The van der Waals surface area contributed by atoms with E-state index in [1.54, 1.807) is 24.3 Å². The third-order valence-corrected chi connectivity index (χ3v) is 2.32. The summed E-state index contributed by atoms with van der Waals surface area (Å²) in [5.41, 5.74) is 2.13. The van der Waals surface area contributed by atoms with Crippen LogP contribution < -0.4 is 0 Å². The molecule has 0 spiro atoms. The number of aromatic nitrogens is 1. The van der Waals surface area contributed by atoms with E-state index in [-0.39, 0.29) is 12.2 Å². The second-order valence-corrected chi connectivity index (χ2v) is 3.63. The van der Waals surface area contributed by atoms with E-state index >= 15 is 0 Å². The molecule has 0 saturated carbocycles. The van der Waals surface area contributed by atoms with Crippen molar-refractivity contribution in [3.8, 4) is 11.3 Å². The summed E-state index contributed by atoms with van der Waals surface area (Å²) in [4.78, 5) is 14.6. The minimum Gasteiger partial charge on any atom is -0.481 e. The molecule has 0 bridgehead atoms. The maximum Gasteiger partial charge on any atom is 0.307 e. The predicted octanol–water partition coefficient (Wildman–Crippen LogP) is 2.51. The zero-order chi connectivity index (χ0) is 12.3. The third-order valence-electron chi connectivity index (χ3n) is 2.32. The minimum absolute atomic E-state index is 0.0449. The van der Waals surface area contributed by atoms with Crippen molar-refractivity contribution in [2.45, 2.75) is 6.42 Å². The highest BCUT2D eigenvalue weighted by atomic mass is 19.1. The van der Waals surface area contributed by atoms with Gasteiger partial charge in [0.1, 0.15) is 5.82 Å². The van der Waals surface area contributed by atoms with Gasteiger partial charge in [0.05, 0.1) is 12.1 Å². The van der Waals surface area contributed by atoms with Gasteiger partial charge in [0.15, 0.2) is 0 Å². The molecule has 1 heterocycles. The number of rotatable bonds is 3. The number of hydrogen-bond donors (Lipinski definition) is 1. The molecule has 0 unspecified atom stereocenters. The van der Waals surface area contributed by atoms with Crippen molar-refractivity contribution in [1.29, 1.82) is 0 Å². The highest BCUT2D eigenvalue weighted by Gasteiger charge is 2.03. The summed E-state index contributed by atoms with van der Waals surface area (Å²) in [5, 5.41) is 8.61. The maximum atomic E-state index is 12.7. The fourth-order valence-corrected chi connectivity index (χ4v) is 1.50. The lowest BCUT2D eigenvalue weighted by molar-refractivity contribution is -0.136. The first-order chi connectivity index (χ1) is 8.15. The van der Waals surface area contributed by atoms with Crippen LogP contribution in [0.5, 0.6) is 0 Å². The van der Waals surface area contributed by atoms with Crippen LogP contribution in [0.4, 0.5) is 4.39 Å². The number of aliphatic carboxylic acids is 1. The number of carboxylic acid groups (broad SMARTS) is 1. The van der Waals surface area contributed by atoms with Gasteiger partial charge in [0, 0.05) is 11.8 Å². The van der Waals surface area contributed by atoms with Crippen LogP contribution in [0.3, 0.4) is 0 Å². The maximum absolute atomic E-state index is 12.7. The van der Waals surface area contributed by atoms with Crippen molar-refractivity contribution in [3.05, 3.63) is 54.0 Å². The smallest absolute Gasteiger partial charge is 0.307 e. The van der Waals surface area contributed by atoms with Crippen LogP contribution in [0.25, 0.3) is 11.3 Å². The van der Waals surface area contributed by atoms with Crippen LogP contribution in [0.15, 0.2) is 42.6 Å². The number of carboxylic acids is 1. The molecule has 0 aliphatic heterocycles. The summed E-state index contributed by atoms with van der Waals surface area (Å²) in [7, 11) is 0. The number of nitrogens with zero attached hydrogens (tertiary/aromatic N) is 1. The van der Waals surface area contributed by atoms with Gasteiger partial charge in [-0.3, -0.25) is 9.78 Å². The number of hydrogen-bond acceptors (Lipinski definition) is 2. The van der Waals surface area contributed by atoms with Crippen molar-refractivity contribution in [1.82, 2.24) is 4.98 Å². The Labute approximate surface area is 97.6 Å². The normalized spacial score (nSPS) is 10.2. The minimum atomic E-state index is -0.888. The molecule has 4 heteroatoms. The Hall–Kier alpha value is -2.23. The van der Waals surface area contributed by atoms with Gasteiger partial charge in [-0.2, -0.15) is 0 Å². The Morgan fingerprint density at radius 2 is 1.88 bits per heavy atom. The van der Waals surface area contributed by atoms with E-state index in [1.807, 2.05) is 0 Å². The summed E-state index contributed by atoms with van der Waals surface area (Å²) in [6.07, 6.45) is 1.48. The second kappa shape index (κ2) is 4.74. The fourth-order valence-electron chi connectivity index (χ4n) is 1.50. The van der Waals surface area contributed by atoms with E-state index in [0.29, 0.717) is 11.3 Å². The van der Waals surface area contributed by atoms with Crippen LogP contribution in [0.1, 0.15) is 5.56 Å². The second-order valence-electron chi connectivity index (χ2n) is 3.63. The fraction of sp³-hybridized carbons (Fsp3) is 0.0769. The first kappa shape index (κ1) is 11.3. The molecule has 1 aromatic heterocycles. The van der Waals surface area contributed by atoms with Gasteiger partial charge in [-0.25, -0.2) is 4.39 Å². The lowest BCUT2D eigenvalue weighted by Gasteiger charge is -2.02. The molecular weight excluding hydrogens is 221 g/mol. The molecule has 17 heavy (non-hydrogen) atoms. The van der Waals surface area contributed by atoms with Crippen LogP contribution >= 0.6 is 0 Å². The first-order valence-corrected chi connectivity index (χ1v) is 5.08. The standard InChI is InChI=1S/C13H10FNO2/c14-11-4-2-10(3-5-11)12-6-1-9(8-15-12)7-13(16)17/h1-6,8H,7H2,(H,16,17). The van der Waals surface area contributed by atoms with Crippen molar-refractivity contribution >= 4 is 5.97 Å². The van der Waals surface area contributed by atoms with Gasteiger partial charge in [0.2, 0.25) is 0 Å². The van der Waals surface area contributed by atoms with Crippen LogP contribution in [0.2, 0.25) is 0 Å². The van der Waals surface area contributed by atoms with Gasteiger partial charge in [-0.15, -0.1) is 0 Å². The molecule has 0 aliphatic carbocycles. The largest absolute Gasteiger partial charge is 0.481 e. The Morgan fingerprint density at radius 3 is 2.41 bits per heavy atom. The summed E-state index contributed by atoms with van der Waals surface area (Å²) < 4.78 is 12.7. The molecule has 3 nitrogen and oxygen atoms in total. The Kier molecular flexibility index (Phi) is 3.14. The zero-order valence-electron chi connectivity index (χ0n) is 8.93. The molecule has 1 N–H and O–H groups in total. The number of benzene rings is 1. The van der Waals surface area contributed by atoms with Crippen molar-refractivity contribution in [2.75, 3.05) is 0 Å². The van der Waals surface area contributed by atoms with Crippen molar-refractivity contribution < 1.29 is 14.3 Å². The topological polar surface area (TPSA) is 50.2 Å². The molecule has 0 saturated heterocycles. The van der Waals surface area contributed by atoms with Crippen LogP contribution in [-0.4, -0.2) is 16.1 Å². The summed E-state index contributed by atoms with van der Waals surface area (Å²) in [6.45, 7) is 0. The molecule has 0 aliphatic rings. The predicted molar refractivity (Wildman–Crippen MR) is 61.0 cm³/mol. The van der Waals surface area contributed by atoms with E-state index in [4.69, 9.17) is 5.11 Å². The van der Waals surface area contributed by atoms with E-state index in [9.17, 15) is 9.18 Å². The lowest BCUT2D eigenvalue weighted by atomic mass is 10.1. The Bertz CT molecular complexity index is 520. The number of halogens is 1. The summed E-state index contributed by atoms with van der Waals surface area (Å²) in [5.74, 6) is -1.18. The quantitative estimate of drug-likeness (QED) is 0.883. The first-order valence-electron chi connectivity index (χ1n) is 5.08. The van der Waals surface area contributed by atoms with E-state index in [2.05, 4.69) is 4.98 Å². The van der Waals surface area contributed by atoms with Crippen molar-refractivity contribution in [2.24, 2.45) is 0 Å². The van der Waals surface area contributed by atoms with Crippen molar-refractivity contribution in [3.63, 3.8) is 0 Å². The molecule has 0 radical (unpaired) electrons. The molecule has 0 fully saturated rings. The molecule has 1 aromatic carbocycles. The average Bonchev–Trinajstić information content (AvgIpc) is 2.30. The van der Waals surface area contributed by atoms with Crippen LogP contribution in [-0.2, 0) is 11.2 Å². The highest BCUT2D eigenvalue weighted by Crippen LogP contribution is 2.17. The number of carbonyl (C=O) groups is 1. The number of pyridine rings is 1. The average molecular weight is 231 g/mol. The highest BCUT2D eigenvalue weighted by molar-refractivity contribution is 5.70. The SMILES string of the molecule is O=C(O)Cc1ccc(-c2ccc(F)cc2)nc1. The monoisotopic (exact) mass is 231 g/mol. The summed E-state index contributed by atoms with van der Waals surface area (Å²) in [6, 6.07) is 9.43. The molecule has 2 aromatic rings. The molecule has 0 amide bonds.